The number of hydrogen-bond acceptors (Lipinski definition) is 3. The molecule has 0 saturated heterocycles. The van der Waals surface area contributed by atoms with Gasteiger partial charge in [0.25, 0.3) is 0 Å². The maximum atomic E-state index is 9.20. The molecule has 0 aliphatic heterocycles. The summed E-state index contributed by atoms with van der Waals surface area (Å²) in [6, 6.07) is 4.74. The molecule has 3 nitrogen and oxygen atoms in total. The van der Waals surface area contributed by atoms with E-state index in [9.17, 15) is 5.11 Å². The highest BCUT2D eigenvalue weighted by molar-refractivity contribution is 9.11. The van der Waals surface area contributed by atoms with Crippen molar-refractivity contribution in [2.45, 2.75) is 6.54 Å². The van der Waals surface area contributed by atoms with Crippen molar-refractivity contribution in [1.82, 2.24) is 5.32 Å². The van der Waals surface area contributed by atoms with E-state index in [0.717, 1.165) is 10.0 Å². The van der Waals surface area contributed by atoms with Crippen molar-refractivity contribution < 1.29 is 10.2 Å². The van der Waals surface area contributed by atoms with E-state index in [4.69, 9.17) is 5.11 Å². The van der Waals surface area contributed by atoms with Crippen LogP contribution < -0.4 is 5.32 Å². The van der Waals surface area contributed by atoms with Crippen LogP contribution in [0.1, 0.15) is 5.56 Å². The summed E-state index contributed by atoms with van der Waals surface area (Å²) in [7, 11) is 0. The number of phenolic OH excluding ortho intramolecular Hbond substituents is 2. The highest BCUT2D eigenvalue weighted by Gasteiger charge is 1.99. The molecule has 0 bridgehead atoms. The molecule has 14 heavy (non-hydrogen) atoms. The van der Waals surface area contributed by atoms with Crippen LogP contribution in [0.15, 0.2) is 29.3 Å². The van der Waals surface area contributed by atoms with Crippen LogP contribution in [0.2, 0.25) is 0 Å². The summed E-state index contributed by atoms with van der Waals surface area (Å²) in [5, 5.41) is 21.4. The average Bonchev–Trinajstić information content (AvgIpc) is 2.10. The lowest BCUT2D eigenvalue weighted by Crippen LogP contribution is -2.14. The maximum absolute atomic E-state index is 9.20. The number of benzene rings is 1. The summed E-state index contributed by atoms with van der Waals surface area (Å²) >= 11 is 3.23. The summed E-state index contributed by atoms with van der Waals surface area (Å²) in [5.74, 6) is -0.194. The van der Waals surface area contributed by atoms with Crippen molar-refractivity contribution >= 4 is 15.9 Å². The molecule has 0 saturated carbocycles. The minimum absolute atomic E-state index is 0.0954. The van der Waals surface area contributed by atoms with Crippen molar-refractivity contribution in [2.24, 2.45) is 0 Å². The van der Waals surface area contributed by atoms with Gasteiger partial charge in [-0.3, -0.25) is 0 Å². The highest BCUT2D eigenvalue weighted by atomic mass is 79.9. The van der Waals surface area contributed by atoms with Gasteiger partial charge in [-0.15, -0.1) is 0 Å². The Kier molecular flexibility index (Phi) is 3.98. The SMILES string of the molecule is C=C(Br)CNCc1ccc(O)c(O)c1. The Labute approximate surface area is 91.2 Å². The summed E-state index contributed by atoms with van der Waals surface area (Å²) in [6.45, 7) is 4.97. The molecule has 0 radical (unpaired) electrons. The molecular weight excluding hydrogens is 246 g/mol. The van der Waals surface area contributed by atoms with E-state index in [0.29, 0.717) is 13.1 Å². The van der Waals surface area contributed by atoms with Crippen molar-refractivity contribution in [3.63, 3.8) is 0 Å². The minimum atomic E-state index is -0.0985. The van der Waals surface area contributed by atoms with Crippen molar-refractivity contribution in [1.29, 1.82) is 0 Å². The standard InChI is InChI=1S/C10H12BrNO2/c1-7(11)5-12-6-8-2-3-9(13)10(14)4-8/h2-4,12-14H,1,5-6H2. The first-order chi connectivity index (χ1) is 6.59. The van der Waals surface area contributed by atoms with Gasteiger partial charge in [0.2, 0.25) is 0 Å². The quantitative estimate of drug-likeness (QED) is 0.725. The lowest BCUT2D eigenvalue weighted by molar-refractivity contribution is 0.403. The van der Waals surface area contributed by atoms with Crippen LogP contribution in [0.5, 0.6) is 11.5 Å². The molecule has 0 atom stereocenters. The van der Waals surface area contributed by atoms with Crippen LogP contribution in [0.4, 0.5) is 0 Å². The second kappa shape index (κ2) is 5.02. The number of hydrogen-bond donors (Lipinski definition) is 3. The van der Waals surface area contributed by atoms with Gasteiger partial charge in [-0.1, -0.05) is 28.6 Å². The molecule has 0 fully saturated rings. The third-order valence-corrected chi connectivity index (χ3v) is 1.97. The number of phenols is 2. The molecule has 0 spiro atoms. The van der Waals surface area contributed by atoms with Crippen LogP contribution in [0.25, 0.3) is 0 Å². The second-order valence-corrected chi connectivity index (χ2v) is 4.07. The van der Waals surface area contributed by atoms with Crippen LogP contribution in [0.3, 0.4) is 0 Å². The highest BCUT2D eigenvalue weighted by Crippen LogP contribution is 2.24. The molecule has 4 heteroatoms. The molecule has 1 aromatic rings. The van der Waals surface area contributed by atoms with Gasteiger partial charge in [0.15, 0.2) is 11.5 Å². The van der Waals surface area contributed by atoms with E-state index in [-0.39, 0.29) is 11.5 Å². The Hall–Kier alpha value is -1.00. The van der Waals surface area contributed by atoms with E-state index in [1.54, 1.807) is 6.07 Å². The Morgan fingerprint density at radius 2 is 2.07 bits per heavy atom. The first kappa shape index (κ1) is 11.1. The zero-order valence-corrected chi connectivity index (χ0v) is 9.21. The molecule has 0 amide bonds. The van der Waals surface area contributed by atoms with E-state index in [1.807, 2.05) is 0 Å². The molecule has 1 rings (SSSR count). The van der Waals surface area contributed by atoms with E-state index in [2.05, 4.69) is 27.8 Å². The van der Waals surface area contributed by atoms with Gasteiger partial charge < -0.3 is 15.5 Å². The average molecular weight is 258 g/mol. The zero-order chi connectivity index (χ0) is 10.6. The fourth-order valence-corrected chi connectivity index (χ4v) is 1.22. The monoisotopic (exact) mass is 257 g/mol. The Morgan fingerprint density at radius 3 is 2.64 bits per heavy atom. The zero-order valence-electron chi connectivity index (χ0n) is 7.63. The van der Waals surface area contributed by atoms with Crippen molar-refractivity contribution in [2.75, 3.05) is 6.54 Å². The van der Waals surface area contributed by atoms with Crippen molar-refractivity contribution in [3.8, 4) is 11.5 Å². The van der Waals surface area contributed by atoms with Crippen LogP contribution >= 0.6 is 15.9 Å². The molecule has 0 aromatic heterocycles. The van der Waals surface area contributed by atoms with Gasteiger partial charge in [-0.2, -0.15) is 0 Å². The molecule has 0 aliphatic carbocycles. The third kappa shape index (κ3) is 3.40. The molecular formula is C10H12BrNO2. The first-order valence-corrected chi connectivity index (χ1v) is 4.93. The second-order valence-electron chi connectivity index (χ2n) is 2.94. The summed E-state index contributed by atoms with van der Waals surface area (Å²) in [6.07, 6.45) is 0. The smallest absolute Gasteiger partial charge is 0.157 e. The van der Waals surface area contributed by atoms with Gasteiger partial charge >= 0.3 is 0 Å². The summed E-state index contributed by atoms with van der Waals surface area (Å²) in [4.78, 5) is 0. The Bertz CT molecular complexity index is 339. The lowest BCUT2D eigenvalue weighted by Gasteiger charge is -2.04. The summed E-state index contributed by atoms with van der Waals surface area (Å²) < 4.78 is 0.875. The molecule has 0 aliphatic rings. The van der Waals surface area contributed by atoms with Gasteiger partial charge in [0, 0.05) is 17.6 Å². The Balaban J connectivity index is 2.51. The fraction of sp³-hybridized carbons (Fsp3) is 0.200. The molecule has 0 heterocycles. The maximum Gasteiger partial charge on any atom is 0.157 e. The van der Waals surface area contributed by atoms with E-state index >= 15 is 0 Å². The molecule has 1 aromatic carbocycles. The molecule has 3 N–H and O–H groups in total. The Morgan fingerprint density at radius 1 is 1.36 bits per heavy atom. The minimum Gasteiger partial charge on any atom is -0.504 e. The van der Waals surface area contributed by atoms with Crippen molar-refractivity contribution in [3.05, 3.63) is 34.8 Å². The van der Waals surface area contributed by atoms with E-state index in [1.165, 1.54) is 12.1 Å². The number of rotatable bonds is 4. The van der Waals surface area contributed by atoms with Gasteiger partial charge in [0.1, 0.15) is 0 Å². The molecule has 76 valence electrons. The van der Waals surface area contributed by atoms with Gasteiger partial charge in [-0.25, -0.2) is 0 Å². The molecule has 0 unspecified atom stereocenters. The van der Waals surface area contributed by atoms with Gasteiger partial charge in [-0.05, 0) is 17.7 Å². The summed E-state index contributed by atoms with van der Waals surface area (Å²) in [5.41, 5.74) is 0.911. The first-order valence-electron chi connectivity index (χ1n) is 4.14. The largest absolute Gasteiger partial charge is 0.504 e. The van der Waals surface area contributed by atoms with E-state index < -0.39 is 0 Å². The number of halogens is 1. The van der Waals surface area contributed by atoms with Crippen LogP contribution in [-0.4, -0.2) is 16.8 Å². The topological polar surface area (TPSA) is 52.5 Å². The number of aromatic hydroxyl groups is 2. The normalized spacial score (nSPS) is 10.1. The van der Waals surface area contributed by atoms with Crippen LogP contribution in [-0.2, 0) is 6.54 Å². The predicted octanol–water partition coefficient (Wildman–Crippen LogP) is 2.10. The third-order valence-electron chi connectivity index (χ3n) is 1.69. The van der Waals surface area contributed by atoms with Crippen LogP contribution in [0, 0.1) is 0 Å². The van der Waals surface area contributed by atoms with Gasteiger partial charge in [0.05, 0.1) is 0 Å². The lowest BCUT2D eigenvalue weighted by atomic mass is 10.2. The fourth-order valence-electron chi connectivity index (χ4n) is 1.02. The number of nitrogens with one attached hydrogen (secondary N) is 1. The predicted molar refractivity (Wildman–Crippen MR) is 59.5 cm³/mol.